The Hall–Kier alpha value is -0.620. The predicted molar refractivity (Wildman–Crippen MR) is 63.3 cm³/mol. The lowest BCUT2D eigenvalue weighted by atomic mass is 10.5. The zero-order valence-electron chi connectivity index (χ0n) is 10.5. The highest BCUT2D eigenvalue weighted by Gasteiger charge is 2.23. The van der Waals surface area contributed by atoms with Gasteiger partial charge in [-0.05, 0) is 20.3 Å². The topological polar surface area (TPSA) is 88.1 Å². The van der Waals surface area contributed by atoms with Crippen LogP contribution in [0.5, 0.6) is 0 Å². The molecule has 0 aliphatic rings. The van der Waals surface area contributed by atoms with Gasteiger partial charge < -0.3 is 14.4 Å². The number of hydrogen-bond acceptors (Lipinski definition) is 5. The molecule has 0 spiro atoms. The van der Waals surface area contributed by atoms with Gasteiger partial charge in [0.2, 0.25) is 0 Å². The molecule has 0 unspecified atom stereocenters. The largest absolute Gasteiger partial charge is 0.340 e. The normalized spacial score (nSPS) is 11.3. The summed E-state index contributed by atoms with van der Waals surface area (Å²) in [5.41, 5.74) is 0. The molecule has 0 radical (unpaired) electrons. The van der Waals surface area contributed by atoms with Gasteiger partial charge in [-0.3, -0.25) is 9.77 Å². The predicted octanol–water partition coefficient (Wildman–Crippen LogP) is 1.67. The van der Waals surface area contributed by atoms with Gasteiger partial charge in [-0.15, -0.1) is 0 Å². The van der Waals surface area contributed by atoms with Gasteiger partial charge in [0.15, 0.2) is 0 Å². The SMILES string of the molecule is CCOP(=O)(CCCN(O)C(=O)NC)OCC. The average molecular weight is 268 g/mol. The summed E-state index contributed by atoms with van der Waals surface area (Å²) in [6.45, 7) is 4.14. The number of hydrogen-bond donors (Lipinski definition) is 2. The van der Waals surface area contributed by atoms with Crippen LogP contribution in [0.25, 0.3) is 0 Å². The fraction of sp³-hybridized carbons (Fsp3) is 0.889. The maximum atomic E-state index is 12.0. The van der Waals surface area contributed by atoms with Crippen LogP contribution in [0.2, 0.25) is 0 Å². The third kappa shape index (κ3) is 6.63. The summed E-state index contributed by atoms with van der Waals surface area (Å²) in [6.07, 6.45) is 0.504. The Balaban J connectivity index is 4.06. The fourth-order valence-electron chi connectivity index (χ4n) is 1.20. The lowest BCUT2D eigenvalue weighted by Crippen LogP contribution is -2.36. The van der Waals surface area contributed by atoms with Crippen LogP contribution in [0, 0.1) is 0 Å². The molecule has 0 aromatic heterocycles. The first kappa shape index (κ1) is 16.4. The van der Waals surface area contributed by atoms with Crippen molar-refractivity contribution in [2.24, 2.45) is 0 Å². The van der Waals surface area contributed by atoms with Crippen molar-refractivity contribution in [1.29, 1.82) is 0 Å². The summed E-state index contributed by atoms with van der Waals surface area (Å²) in [4.78, 5) is 11.0. The van der Waals surface area contributed by atoms with Crippen molar-refractivity contribution in [2.75, 3.05) is 33.0 Å². The Morgan fingerprint density at radius 1 is 1.35 bits per heavy atom. The van der Waals surface area contributed by atoms with Crippen LogP contribution in [-0.2, 0) is 13.6 Å². The zero-order chi connectivity index (χ0) is 13.3. The first-order chi connectivity index (χ1) is 7.99. The summed E-state index contributed by atoms with van der Waals surface area (Å²) in [5.74, 6) is 0. The van der Waals surface area contributed by atoms with E-state index in [2.05, 4.69) is 5.32 Å². The van der Waals surface area contributed by atoms with Crippen LogP contribution in [-0.4, -0.2) is 49.3 Å². The molecule has 102 valence electrons. The van der Waals surface area contributed by atoms with Crippen molar-refractivity contribution in [1.82, 2.24) is 10.4 Å². The molecule has 0 atom stereocenters. The van der Waals surface area contributed by atoms with Crippen molar-refractivity contribution in [2.45, 2.75) is 20.3 Å². The Labute approximate surface area is 102 Å². The van der Waals surface area contributed by atoms with Crippen molar-refractivity contribution in [3.63, 3.8) is 0 Å². The number of nitrogens with one attached hydrogen (secondary N) is 1. The Morgan fingerprint density at radius 2 is 1.88 bits per heavy atom. The molecule has 0 saturated carbocycles. The highest BCUT2D eigenvalue weighted by molar-refractivity contribution is 7.53. The zero-order valence-corrected chi connectivity index (χ0v) is 11.4. The number of carbonyl (C=O) groups excluding carboxylic acids is 1. The minimum atomic E-state index is -3.08. The minimum absolute atomic E-state index is 0.0732. The van der Waals surface area contributed by atoms with Crippen molar-refractivity contribution in [3.8, 4) is 0 Å². The van der Waals surface area contributed by atoms with Crippen LogP contribution >= 0.6 is 7.60 Å². The van der Waals surface area contributed by atoms with E-state index in [1.54, 1.807) is 13.8 Å². The Kier molecular flexibility index (Phi) is 8.16. The Bertz CT molecular complexity index is 264. The van der Waals surface area contributed by atoms with Gasteiger partial charge in [-0.1, -0.05) is 0 Å². The number of carbonyl (C=O) groups is 1. The molecule has 0 aromatic carbocycles. The van der Waals surface area contributed by atoms with E-state index in [-0.39, 0.29) is 12.7 Å². The summed E-state index contributed by atoms with van der Waals surface area (Å²) >= 11 is 0. The molecular formula is C9H21N2O5P. The van der Waals surface area contributed by atoms with E-state index in [4.69, 9.17) is 9.05 Å². The van der Waals surface area contributed by atoms with Crippen molar-refractivity contribution < 1.29 is 23.6 Å². The van der Waals surface area contributed by atoms with E-state index >= 15 is 0 Å². The van der Waals surface area contributed by atoms with Crippen LogP contribution in [0.3, 0.4) is 0 Å². The lowest BCUT2D eigenvalue weighted by molar-refractivity contribution is -0.0421. The molecule has 0 aromatic rings. The highest BCUT2D eigenvalue weighted by Crippen LogP contribution is 2.48. The van der Waals surface area contributed by atoms with Gasteiger partial charge in [0.25, 0.3) is 0 Å². The third-order valence-corrected chi connectivity index (χ3v) is 4.07. The first-order valence-corrected chi connectivity index (χ1v) is 7.28. The molecule has 7 nitrogen and oxygen atoms in total. The molecular weight excluding hydrogens is 247 g/mol. The van der Waals surface area contributed by atoms with Gasteiger partial charge in [0, 0.05) is 7.05 Å². The van der Waals surface area contributed by atoms with Crippen LogP contribution < -0.4 is 5.32 Å². The average Bonchev–Trinajstić information content (AvgIpc) is 2.28. The molecule has 2 N–H and O–H groups in total. The van der Waals surface area contributed by atoms with Gasteiger partial charge in [0.1, 0.15) is 0 Å². The quantitative estimate of drug-likeness (QED) is 0.397. The minimum Gasteiger partial charge on any atom is -0.339 e. The summed E-state index contributed by atoms with van der Waals surface area (Å²) in [7, 11) is -1.67. The monoisotopic (exact) mass is 268 g/mol. The molecule has 0 saturated heterocycles. The van der Waals surface area contributed by atoms with E-state index < -0.39 is 13.6 Å². The number of nitrogens with zero attached hydrogens (tertiary/aromatic N) is 1. The molecule has 8 heteroatoms. The molecule has 0 fully saturated rings. The lowest BCUT2D eigenvalue weighted by Gasteiger charge is -2.18. The van der Waals surface area contributed by atoms with Crippen LogP contribution in [0.15, 0.2) is 0 Å². The second kappa shape index (κ2) is 8.47. The van der Waals surface area contributed by atoms with E-state index in [1.807, 2.05) is 0 Å². The van der Waals surface area contributed by atoms with Gasteiger partial charge >= 0.3 is 13.6 Å². The fourth-order valence-corrected chi connectivity index (χ4v) is 2.85. The first-order valence-electron chi connectivity index (χ1n) is 5.55. The summed E-state index contributed by atoms with van der Waals surface area (Å²) in [6, 6.07) is -0.604. The molecule has 0 heterocycles. The standard InChI is InChI=1S/C9H21N2O5P/c1-4-15-17(14,16-5-2)8-6-7-11(13)9(12)10-3/h13H,4-8H2,1-3H3,(H,10,12). The number of amides is 2. The summed E-state index contributed by atoms with van der Waals surface area (Å²) in [5, 5.41) is 12.0. The van der Waals surface area contributed by atoms with Crippen molar-refractivity contribution in [3.05, 3.63) is 0 Å². The second-order valence-corrected chi connectivity index (χ2v) is 5.39. The molecule has 17 heavy (non-hydrogen) atoms. The second-order valence-electron chi connectivity index (χ2n) is 3.20. The third-order valence-electron chi connectivity index (χ3n) is 1.90. The van der Waals surface area contributed by atoms with Gasteiger partial charge in [0.05, 0.1) is 25.9 Å². The number of rotatable bonds is 8. The van der Waals surface area contributed by atoms with Crippen molar-refractivity contribution >= 4 is 13.6 Å². The molecule has 0 bridgehead atoms. The highest BCUT2D eigenvalue weighted by atomic mass is 31.2. The molecule has 0 aliphatic carbocycles. The molecule has 0 rings (SSSR count). The number of hydroxylamine groups is 2. The van der Waals surface area contributed by atoms with Crippen LogP contribution in [0.4, 0.5) is 4.79 Å². The van der Waals surface area contributed by atoms with Gasteiger partial charge in [-0.25, -0.2) is 9.86 Å². The molecule has 2 amide bonds. The van der Waals surface area contributed by atoms with Gasteiger partial charge in [-0.2, -0.15) is 0 Å². The smallest absolute Gasteiger partial charge is 0.339 e. The van der Waals surface area contributed by atoms with E-state index in [0.717, 1.165) is 0 Å². The maximum Gasteiger partial charge on any atom is 0.340 e. The van der Waals surface area contributed by atoms with Crippen LogP contribution in [0.1, 0.15) is 20.3 Å². The Morgan fingerprint density at radius 3 is 2.29 bits per heavy atom. The molecule has 0 aliphatic heterocycles. The number of urea groups is 1. The summed E-state index contributed by atoms with van der Waals surface area (Å²) < 4.78 is 22.1. The van der Waals surface area contributed by atoms with E-state index in [9.17, 15) is 14.6 Å². The maximum absolute atomic E-state index is 12.0. The van der Waals surface area contributed by atoms with E-state index in [0.29, 0.717) is 24.7 Å². The van der Waals surface area contributed by atoms with E-state index in [1.165, 1.54) is 7.05 Å².